The lowest BCUT2D eigenvalue weighted by Crippen LogP contribution is -2.15. The number of halogens is 1. The summed E-state index contributed by atoms with van der Waals surface area (Å²) in [5, 5.41) is 3.74. The molecule has 14 heavy (non-hydrogen) atoms. The average molecular weight is 234 g/mol. The molecule has 0 aliphatic rings. The van der Waals surface area contributed by atoms with Gasteiger partial charge in [0.15, 0.2) is 11.0 Å². The summed E-state index contributed by atoms with van der Waals surface area (Å²) in [5.41, 5.74) is 0. The van der Waals surface area contributed by atoms with Crippen LogP contribution in [-0.4, -0.2) is 14.8 Å². The minimum Gasteiger partial charge on any atom is -0.364 e. The first-order valence-corrected chi connectivity index (χ1v) is 6.09. The summed E-state index contributed by atoms with van der Waals surface area (Å²) < 4.78 is 7.97. The van der Waals surface area contributed by atoms with E-state index < -0.39 is 0 Å². The van der Waals surface area contributed by atoms with Crippen molar-refractivity contribution < 1.29 is 0 Å². The Balaban J connectivity index is 2.27. The van der Waals surface area contributed by atoms with Crippen LogP contribution >= 0.6 is 23.3 Å². The van der Waals surface area contributed by atoms with Crippen molar-refractivity contribution in [1.29, 1.82) is 0 Å². The van der Waals surface area contributed by atoms with Crippen LogP contribution in [0.2, 0.25) is 5.15 Å². The first-order chi connectivity index (χ1) is 6.74. The summed E-state index contributed by atoms with van der Waals surface area (Å²) in [5.74, 6) is 0.723. The molecule has 3 nitrogen and oxygen atoms in total. The van der Waals surface area contributed by atoms with E-state index in [1.165, 1.54) is 19.3 Å². The summed E-state index contributed by atoms with van der Waals surface area (Å²) >= 11 is 6.96. The molecule has 0 fully saturated rings. The second-order valence-electron chi connectivity index (χ2n) is 3.44. The van der Waals surface area contributed by atoms with Gasteiger partial charge in [0.2, 0.25) is 0 Å². The zero-order valence-electron chi connectivity index (χ0n) is 8.59. The Bertz CT molecular complexity index is 264. The van der Waals surface area contributed by atoms with Crippen molar-refractivity contribution in [3.8, 4) is 0 Å². The molecule has 0 aliphatic heterocycles. The maximum Gasteiger partial charge on any atom is 0.186 e. The van der Waals surface area contributed by atoms with Crippen LogP contribution in [0.5, 0.6) is 0 Å². The molecule has 0 bridgehead atoms. The van der Waals surface area contributed by atoms with E-state index in [-0.39, 0.29) is 0 Å². The molecule has 1 aromatic rings. The Morgan fingerprint density at radius 2 is 2.21 bits per heavy atom. The molecule has 0 radical (unpaired) electrons. The van der Waals surface area contributed by atoms with Crippen LogP contribution in [0.4, 0.5) is 5.82 Å². The standard InChI is InChI=1S/C9H16ClN3S/c1-3-4-5-6-7(2)11-9-8(10)12-14-13-9/h7H,3-6H2,1-2H3,(H,11,13). The molecule has 5 heteroatoms. The third-order valence-electron chi connectivity index (χ3n) is 2.07. The fraction of sp³-hybridized carbons (Fsp3) is 0.778. The third-order valence-corrected chi connectivity index (χ3v) is 2.96. The van der Waals surface area contributed by atoms with E-state index in [1.54, 1.807) is 0 Å². The van der Waals surface area contributed by atoms with Gasteiger partial charge in [0.1, 0.15) is 0 Å². The maximum atomic E-state index is 5.82. The number of nitrogens with one attached hydrogen (secondary N) is 1. The van der Waals surface area contributed by atoms with Gasteiger partial charge in [-0.2, -0.15) is 8.75 Å². The lowest BCUT2D eigenvalue weighted by Gasteiger charge is -2.12. The van der Waals surface area contributed by atoms with Gasteiger partial charge in [-0.1, -0.05) is 37.8 Å². The van der Waals surface area contributed by atoms with E-state index in [2.05, 4.69) is 27.9 Å². The topological polar surface area (TPSA) is 37.8 Å². The molecule has 80 valence electrons. The second-order valence-corrected chi connectivity index (χ2v) is 4.33. The maximum absolute atomic E-state index is 5.82. The van der Waals surface area contributed by atoms with E-state index in [9.17, 15) is 0 Å². The molecule has 0 amide bonds. The van der Waals surface area contributed by atoms with Gasteiger partial charge in [0.25, 0.3) is 0 Å². The Morgan fingerprint density at radius 3 is 2.79 bits per heavy atom. The minimum absolute atomic E-state index is 0.419. The van der Waals surface area contributed by atoms with Crippen LogP contribution < -0.4 is 5.32 Å². The van der Waals surface area contributed by atoms with Gasteiger partial charge in [-0.15, -0.1) is 0 Å². The fourth-order valence-electron chi connectivity index (χ4n) is 1.27. The van der Waals surface area contributed by atoms with Crippen molar-refractivity contribution in [2.24, 2.45) is 0 Å². The summed E-state index contributed by atoms with van der Waals surface area (Å²) in [6.07, 6.45) is 4.95. The van der Waals surface area contributed by atoms with E-state index in [1.807, 2.05) is 0 Å². The normalized spacial score (nSPS) is 12.8. The second kappa shape index (κ2) is 6.19. The SMILES string of the molecule is CCCCCC(C)Nc1nsnc1Cl. The van der Waals surface area contributed by atoms with Gasteiger partial charge in [-0.25, -0.2) is 0 Å². The predicted molar refractivity (Wildman–Crippen MR) is 62.1 cm³/mol. The Labute approximate surface area is 94.2 Å². The molecule has 1 unspecified atom stereocenters. The number of hydrogen-bond acceptors (Lipinski definition) is 4. The van der Waals surface area contributed by atoms with Crippen LogP contribution in [-0.2, 0) is 0 Å². The molecule has 1 aromatic heterocycles. The van der Waals surface area contributed by atoms with E-state index >= 15 is 0 Å². The van der Waals surface area contributed by atoms with E-state index in [0.717, 1.165) is 24.0 Å². The number of nitrogens with zero attached hydrogens (tertiary/aromatic N) is 2. The molecular weight excluding hydrogens is 218 g/mol. The van der Waals surface area contributed by atoms with Crippen molar-refractivity contribution in [3.63, 3.8) is 0 Å². The van der Waals surface area contributed by atoms with Gasteiger partial charge in [-0.3, -0.25) is 0 Å². The number of hydrogen-bond donors (Lipinski definition) is 1. The summed E-state index contributed by atoms with van der Waals surface area (Å²) in [4.78, 5) is 0. The van der Waals surface area contributed by atoms with Crippen molar-refractivity contribution in [3.05, 3.63) is 5.15 Å². The number of rotatable bonds is 6. The van der Waals surface area contributed by atoms with Crippen LogP contribution in [0.1, 0.15) is 39.5 Å². The molecule has 0 spiro atoms. The molecule has 0 saturated heterocycles. The minimum atomic E-state index is 0.419. The van der Waals surface area contributed by atoms with Crippen LogP contribution in [0.15, 0.2) is 0 Å². The first-order valence-electron chi connectivity index (χ1n) is 4.98. The predicted octanol–water partition coefficient (Wildman–Crippen LogP) is 3.57. The highest BCUT2D eigenvalue weighted by molar-refractivity contribution is 6.99. The van der Waals surface area contributed by atoms with Crippen molar-refractivity contribution >= 4 is 29.1 Å². The molecule has 0 saturated carbocycles. The van der Waals surface area contributed by atoms with Gasteiger partial charge in [0, 0.05) is 6.04 Å². The van der Waals surface area contributed by atoms with Crippen LogP contribution in [0.25, 0.3) is 0 Å². The average Bonchev–Trinajstić information content (AvgIpc) is 2.52. The monoisotopic (exact) mass is 233 g/mol. The Kier molecular flexibility index (Phi) is 5.19. The number of anilines is 1. The molecule has 0 aromatic carbocycles. The van der Waals surface area contributed by atoms with E-state index in [0.29, 0.717) is 11.2 Å². The molecule has 0 aliphatic carbocycles. The third kappa shape index (κ3) is 3.80. The number of aromatic nitrogens is 2. The van der Waals surface area contributed by atoms with Gasteiger partial charge in [0.05, 0.1) is 11.7 Å². The summed E-state index contributed by atoms with van der Waals surface area (Å²) in [7, 11) is 0. The number of unbranched alkanes of at least 4 members (excludes halogenated alkanes) is 2. The van der Waals surface area contributed by atoms with Gasteiger partial charge >= 0.3 is 0 Å². The summed E-state index contributed by atoms with van der Waals surface area (Å²) in [6.45, 7) is 4.35. The van der Waals surface area contributed by atoms with E-state index in [4.69, 9.17) is 11.6 Å². The van der Waals surface area contributed by atoms with Gasteiger partial charge < -0.3 is 5.32 Å². The highest BCUT2D eigenvalue weighted by Crippen LogP contribution is 2.19. The largest absolute Gasteiger partial charge is 0.364 e. The Morgan fingerprint density at radius 1 is 1.43 bits per heavy atom. The van der Waals surface area contributed by atoms with Crippen molar-refractivity contribution in [2.45, 2.75) is 45.6 Å². The smallest absolute Gasteiger partial charge is 0.186 e. The van der Waals surface area contributed by atoms with Crippen molar-refractivity contribution in [2.75, 3.05) is 5.32 Å². The zero-order valence-corrected chi connectivity index (χ0v) is 10.2. The van der Waals surface area contributed by atoms with Gasteiger partial charge in [-0.05, 0) is 13.3 Å². The molecule has 1 rings (SSSR count). The molecule has 1 heterocycles. The molecular formula is C9H16ClN3S. The molecule has 1 atom stereocenters. The highest BCUT2D eigenvalue weighted by atomic mass is 35.5. The lowest BCUT2D eigenvalue weighted by atomic mass is 10.1. The lowest BCUT2D eigenvalue weighted by molar-refractivity contribution is 0.614. The zero-order chi connectivity index (χ0) is 10.4. The quantitative estimate of drug-likeness (QED) is 0.764. The fourth-order valence-corrected chi connectivity index (χ4v) is 1.93. The van der Waals surface area contributed by atoms with Crippen LogP contribution in [0.3, 0.4) is 0 Å². The van der Waals surface area contributed by atoms with Crippen LogP contribution in [0, 0.1) is 0 Å². The Hall–Kier alpha value is -0.350. The van der Waals surface area contributed by atoms with Crippen molar-refractivity contribution in [1.82, 2.24) is 8.75 Å². The molecule has 1 N–H and O–H groups in total. The highest BCUT2D eigenvalue weighted by Gasteiger charge is 2.08. The summed E-state index contributed by atoms with van der Waals surface area (Å²) in [6, 6.07) is 0.419. The first kappa shape index (κ1) is 11.7.